The molecule has 1 N–H and O–H groups in total. The summed E-state index contributed by atoms with van der Waals surface area (Å²) >= 11 is 0. The molecule has 3 rings (SSSR count). The number of aryl methyl sites for hydroxylation is 2. The van der Waals surface area contributed by atoms with Crippen molar-refractivity contribution in [2.45, 2.75) is 32.0 Å². The van der Waals surface area contributed by atoms with Gasteiger partial charge < -0.3 is 5.32 Å². The lowest BCUT2D eigenvalue weighted by molar-refractivity contribution is -0.137. The molecule has 0 fully saturated rings. The van der Waals surface area contributed by atoms with Gasteiger partial charge in [0.2, 0.25) is 0 Å². The SMILES string of the molecule is Cc1ncc(C(F)(F)F)cc1C(=O)NC1CCc2cc(C#N)ccc21. The van der Waals surface area contributed by atoms with Gasteiger partial charge in [-0.3, -0.25) is 9.78 Å². The summed E-state index contributed by atoms with van der Waals surface area (Å²) in [6.07, 6.45) is -2.49. The zero-order valence-corrected chi connectivity index (χ0v) is 13.3. The minimum atomic E-state index is -4.55. The predicted molar refractivity (Wildman–Crippen MR) is 83.7 cm³/mol. The van der Waals surface area contributed by atoms with E-state index in [1.54, 1.807) is 18.2 Å². The zero-order valence-electron chi connectivity index (χ0n) is 13.3. The van der Waals surface area contributed by atoms with E-state index < -0.39 is 17.6 Å². The molecule has 1 unspecified atom stereocenters. The number of amides is 1. The number of rotatable bonds is 2. The Bertz CT molecular complexity index is 884. The summed E-state index contributed by atoms with van der Waals surface area (Å²) in [6, 6.07) is 7.83. The molecule has 7 heteroatoms. The Kier molecular flexibility index (Phi) is 4.21. The standard InChI is InChI=1S/C18H14F3N3O/c1-10-15(7-13(9-23-10)18(19,20)21)17(25)24-16-5-3-12-6-11(8-22)2-4-14(12)16/h2,4,6-7,9,16H,3,5H2,1H3,(H,24,25). The topological polar surface area (TPSA) is 65.8 Å². The Morgan fingerprint density at radius 1 is 1.36 bits per heavy atom. The molecule has 0 spiro atoms. The number of halogens is 3. The van der Waals surface area contributed by atoms with Crippen LogP contribution in [-0.4, -0.2) is 10.9 Å². The number of benzene rings is 1. The van der Waals surface area contributed by atoms with Crippen molar-refractivity contribution in [1.29, 1.82) is 5.26 Å². The van der Waals surface area contributed by atoms with Crippen LogP contribution in [0.5, 0.6) is 0 Å². The van der Waals surface area contributed by atoms with E-state index in [9.17, 15) is 18.0 Å². The molecular weight excluding hydrogens is 331 g/mol. The van der Waals surface area contributed by atoms with Crippen LogP contribution >= 0.6 is 0 Å². The molecule has 1 heterocycles. The highest BCUT2D eigenvalue weighted by Gasteiger charge is 2.32. The molecular formula is C18H14F3N3O. The Hall–Kier alpha value is -2.88. The molecule has 25 heavy (non-hydrogen) atoms. The van der Waals surface area contributed by atoms with Gasteiger partial charge in [0.25, 0.3) is 5.91 Å². The van der Waals surface area contributed by atoms with Crippen LogP contribution in [0, 0.1) is 18.3 Å². The minimum Gasteiger partial charge on any atom is -0.345 e. The van der Waals surface area contributed by atoms with Crippen LogP contribution < -0.4 is 5.32 Å². The van der Waals surface area contributed by atoms with Gasteiger partial charge in [-0.15, -0.1) is 0 Å². The molecule has 1 aliphatic rings. The highest BCUT2D eigenvalue weighted by molar-refractivity contribution is 5.95. The second-order valence-corrected chi connectivity index (χ2v) is 5.94. The average Bonchev–Trinajstić information content (AvgIpc) is 2.96. The normalized spacial score (nSPS) is 16.2. The van der Waals surface area contributed by atoms with Crippen molar-refractivity contribution in [3.8, 4) is 6.07 Å². The quantitative estimate of drug-likeness (QED) is 0.903. The van der Waals surface area contributed by atoms with Crippen LogP contribution in [-0.2, 0) is 12.6 Å². The summed E-state index contributed by atoms with van der Waals surface area (Å²) in [6.45, 7) is 1.50. The first kappa shape index (κ1) is 17.0. The van der Waals surface area contributed by atoms with Crippen LogP contribution in [0.3, 0.4) is 0 Å². The molecule has 0 saturated heterocycles. The molecule has 1 aromatic heterocycles. The first-order valence-corrected chi connectivity index (χ1v) is 7.67. The summed E-state index contributed by atoms with van der Waals surface area (Å²) in [5.74, 6) is -0.585. The van der Waals surface area contributed by atoms with E-state index in [4.69, 9.17) is 5.26 Å². The van der Waals surface area contributed by atoms with Crippen LogP contribution in [0.15, 0.2) is 30.5 Å². The van der Waals surface area contributed by atoms with Crippen LogP contribution in [0.1, 0.15) is 50.8 Å². The number of carbonyl (C=O) groups excluding carboxylic acids is 1. The number of carbonyl (C=O) groups is 1. The van der Waals surface area contributed by atoms with Crippen LogP contribution in [0.25, 0.3) is 0 Å². The number of pyridine rings is 1. The number of fused-ring (bicyclic) bond motifs is 1. The lowest BCUT2D eigenvalue weighted by Gasteiger charge is -2.16. The van der Waals surface area contributed by atoms with Crippen molar-refractivity contribution in [2.75, 3.05) is 0 Å². The van der Waals surface area contributed by atoms with Gasteiger partial charge in [0.15, 0.2) is 0 Å². The fourth-order valence-corrected chi connectivity index (χ4v) is 2.99. The van der Waals surface area contributed by atoms with Gasteiger partial charge in [-0.05, 0) is 49.1 Å². The van der Waals surface area contributed by atoms with E-state index >= 15 is 0 Å². The van der Waals surface area contributed by atoms with E-state index in [0.717, 1.165) is 23.4 Å². The fraction of sp³-hybridized carbons (Fsp3) is 0.278. The number of nitriles is 1. The highest BCUT2D eigenvalue weighted by atomic mass is 19.4. The molecule has 2 aromatic rings. The molecule has 1 amide bonds. The van der Waals surface area contributed by atoms with Gasteiger partial charge >= 0.3 is 6.18 Å². The Balaban J connectivity index is 1.84. The van der Waals surface area contributed by atoms with Gasteiger partial charge in [0.05, 0.1) is 28.8 Å². The van der Waals surface area contributed by atoms with Gasteiger partial charge in [-0.25, -0.2) is 0 Å². The smallest absolute Gasteiger partial charge is 0.345 e. The van der Waals surface area contributed by atoms with Crippen molar-refractivity contribution in [1.82, 2.24) is 10.3 Å². The van der Waals surface area contributed by atoms with Crippen LogP contribution in [0.2, 0.25) is 0 Å². The Morgan fingerprint density at radius 3 is 2.80 bits per heavy atom. The van der Waals surface area contributed by atoms with Gasteiger partial charge in [0, 0.05) is 11.9 Å². The summed E-state index contributed by atoms with van der Waals surface area (Å²) in [5.41, 5.74) is 1.62. The van der Waals surface area contributed by atoms with Gasteiger partial charge in [-0.1, -0.05) is 6.07 Å². The number of nitrogens with one attached hydrogen (secondary N) is 1. The first-order valence-electron chi connectivity index (χ1n) is 7.67. The predicted octanol–water partition coefficient (Wildman–Crippen LogP) is 3.70. The van der Waals surface area contributed by atoms with Crippen molar-refractivity contribution in [3.63, 3.8) is 0 Å². The van der Waals surface area contributed by atoms with E-state index in [2.05, 4.69) is 16.4 Å². The first-order chi connectivity index (χ1) is 11.8. The molecule has 1 aliphatic carbocycles. The molecule has 1 aromatic carbocycles. The van der Waals surface area contributed by atoms with Crippen molar-refractivity contribution in [2.24, 2.45) is 0 Å². The molecule has 0 aliphatic heterocycles. The summed E-state index contributed by atoms with van der Waals surface area (Å²) in [7, 11) is 0. The number of nitrogens with zero attached hydrogens (tertiary/aromatic N) is 2. The number of hydrogen-bond donors (Lipinski definition) is 1. The molecule has 0 radical (unpaired) electrons. The van der Waals surface area contributed by atoms with Gasteiger partial charge in [0.1, 0.15) is 0 Å². The summed E-state index contributed by atoms with van der Waals surface area (Å²) < 4.78 is 38.5. The Morgan fingerprint density at radius 2 is 2.12 bits per heavy atom. The molecule has 1 atom stereocenters. The lowest BCUT2D eigenvalue weighted by Crippen LogP contribution is -2.28. The third-order valence-corrected chi connectivity index (χ3v) is 4.31. The average molecular weight is 345 g/mol. The number of aromatic nitrogens is 1. The van der Waals surface area contributed by atoms with E-state index in [1.165, 1.54) is 6.92 Å². The number of hydrogen-bond acceptors (Lipinski definition) is 3. The van der Waals surface area contributed by atoms with Crippen molar-refractivity contribution >= 4 is 5.91 Å². The van der Waals surface area contributed by atoms with Gasteiger partial charge in [-0.2, -0.15) is 18.4 Å². The third-order valence-electron chi connectivity index (χ3n) is 4.31. The molecule has 0 saturated carbocycles. The maximum Gasteiger partial charge on any atom is 0.417 e. The third kappa shape index (κ3) is 3.33. The van der Waals surface area contributed by atoms with Crippen molar-refractivity contribution < 1.29 is 18.0 Å². The maximum atomic E-state index is 12.8. The molecule has 0 bridgehead atoms. The lowest BCUT2D eigenvalue weighted by atomic mass is 10.0. The van der Waals surface area contributed by atoms with E-state index in [0.29, 0.717) is 18.4 Å². The monoisotopic (exact) mass is 345 g/mol. The summed E-state index contributed by atoms with van der Waals surface area (Å²) in [4.78, 5) is 16.2. The summed E-state index contributed by atoms with van der Waals surface area (Å²) in [5, 5.41) is 11.7. The van der Waals surface area contributed by atoms with Crippen molar-refractivity contribution in [3.05, 3.63) is 64.0 Å². The highest BCUT2D eigenvalue weighted by Crippen LogP contribution is 2.33. The number of alkyl halides is 3. The van der Waals surface area contributed by atoms with E-state index in [1.807, 2.05) is 0 Å². The molecule has 4 nitrogen and oxygen atoms in total. The van der Waals surface area contributed by atoms with E-state index in [-0.39, 0.29) is 17.3 Å². The Labute approximate surface area is 142 Å². The second kappa shape index (κ2) is 6.20. The molecule has 128 valence electrons. The minimum absolute atomic E-state index is 0.0862. The largest absolute Gasteiger partial charge is 0.417 e. The second-order valence-electron chi connectivity index (χ2n) is 5.94. The van der Waals surface area contributed by atoms with Crippen LogP contribution in [0.4, 0.5) is 13.2 Å². The maximum absolute atomic E-state index is 12.8. The zero-order chi connectivity index (χ0) is 18.2. The fourth-order valence-electron chi connectivity index (χ4n) is 2.99.